The highest BCUT2D eigenvalue weighted by Gasteiger charge is 2.27. The van der Waals surface area contributed by atoms with Crippen molar-refractivity contribution in [3.63, 3.8) is 0 Å². The van der Waals surface area contributed by atoms with Crippen LogP contribution in [0.15, 0.2) is 61.2 Å². The summed E-state index contributed by atoms with van der Waals surface area (Å²) in [6.45, 7) is 0. The summed E-state index contributed by atoms with van der Waals surface area (Å²) in [5.41, 5.74) is 8.90. The van der Waals surface area contributed by atoms with Crippen molar-refractivity contribution in [3.8, 4) is 0 Å². The van der Waals surface area contributed by atoms with E-state index in [4.69, 9.17) is 27.1 Å². The third-order valence-electron chi connectivity index (χ3n) is 10.9. The van der Waals surface area contributed by atoms with Gasteiger partial charge in [-0.3, -0.25) is 9.59 Å². The number of hydrogen-bond donors (Lipinski definition) is 2. The number of ether oxygens (including phenoxy) is 2. The van der Waals surface area contributed by atoms with Gasteiger partial charge in [0.1, 0.15) is 34.3 Å². The monoisotopic (exact) mass is 880 g/mol. The van der Waals surface area contributed by atoms with Gasteiger partial charge in [-0.05, 0) is 73.7 Å². The second-order valence-electron chi connectivity index (χ2n) is 15.7. The van der Waals surface area contributed by atoms with Crippen LogP contribution in [0.5, 0.6) is 0 Å². The number of fused-ring (bicyclic) bond motifs is 2. The Morgan fingerprint density at radius 1 is 0.651 bits per heavy atom. The van der Waals surface area contributed by atoms with Crippen molar-refractivity contribution >= 4 is 75.0 Å². The summed E-state index contributed by atoms with van der Waals surface area (Å²) in [5.74, 6) is 0.375. The molecule has 0 radical (unpaired) electrons. The maximum absolute atomic E-state index is 12.9. The number of nitrogens with zero attached hydrogens (tertiary/aromatic N) is 10. The molecule has 0 saturated heterocycles. The largest absolute Gasteiger partial charge is 0.465 e. The minimum Gasteiger partial charge on any atom is -0.465 e. The van der Waals surface area contributed by atoms with Crippen molar-refractivity contribution in [3.05, 3.63) is 89.0 Å². The van der Waals surface area contributed by atoms with Crippen LogP contribution in [0.25, 0.3) is 22.1 Å². The van der Waals surface area contributed by atoms with Crippen molar-refractivity contribution in [1.29, 1.82) is 0 Å². The molecule has 0 atom stereocenters. The molecule has 0 aliphatic heterocycles. The van der Waals surface area contributed by atoms with E-state index in [9.17, 15) is 19.2 Å². The second-order valence-corrected chi connectivity index (χ2v) is 16.0. The number of anilines is 3. The first kappa shape index (κ1) is 45.8. The molecule has 19 heteroatoms. The molecule has 6 aromatic rings. The van der Waals surface area contributed by atoms with Gasteiger partial charge in [0, 0.05) is 75.8 Å². The zero-order chi connectivity index (χ0) is 45.2. The summed E-state index contributed by atoms with van der Waals surface area (Å²) in [6.07, 6.45) is 17.6. The fourth-order valence-electron chi connectivity index (χ4n) is 7.73. The molecule has 2 aliphatic carbocycles. The topological polar surface area (TPSA) is 218 Å². The maximum Gasteiger partial charge on any atom is 0.339 e. The van der Waals surface area contributed by atoms with Crippen molar-refractivity contribution in [2.75, 3.05) is 53.5 Å². The molecule has 6 heterocycles. The van der Waals surface area contributed by atoms with Crippen LogP contribution in [-0.2, 0) is 9.47 Å². The summed E-state index contributed by atoms with van der Waals surface area (Å²) in [7, 11) is 9.70. The Bertz CT molecular complexity index is 2550. The third kappa shape index (κ3) is 11.0. The Morgan fingerprint density at radius 3 is 1.57 bits per heavy atom. The number of hydrogen-bond acceptors (Lipinski definition) is 14. The Labute approximate surface area is 370 Å². The van der Waals surface area contributed by atoms with Crippen molar-refractivity contribution in [2.24, 2.45) is 0 Å². The molecule has 2 aliphatic rings. The van der Waals surface area contributed by atoms with E-state index in [1.807, 2.05) is 12.1 Å². The minimum atomic E-state index is -0.444. The average molecular weight is 881 g/mol. The number of pyridine rings is 2. The average Bonchev–Trinajstić information content (AvgIpc) is 3.88. The van der Waals surface area contributed by atoms with E-state index in [0.29, 0.717) is 46.1 Å². The number of nitrogens with one attached hydrogen (secondary N) is 1. The van der Waals surface area contributed by atoms with Crippen LogP contribution in [0.1, 0.15) is 118 Å². The molecule has 8 rings (SSSR count). The van der Waals surface area contributed by atoms with Gasteiger partial charge in [0.05, 0.1) is 25.3 Å². The normalized spacial score (nSPS) is 14.1. The van der Waals surface area contributed by atoms with Gasteiger partial charge in [-0.25, -0.2) is 29.5 Å². The van der Waals surface area contributed by atoms with E-state index >= 15 is 0 Å². The molecule has 0 aromatic carbocycles. The third-order valence-corrected chi connectivity index (χ3v) is 11.1. The van der Waals surface area contributed by atoms with Gasteiger partial charge < -0.3 is 39.5 Å². The van der Waals surface area contributed by atoms with Crippen molar-refractivity contribution in [2.45, 2.75) is 76.3 Å². The number of carbonyl (C=O) groups excluding carboxylic acids is 4. The molecule has 0 bridgehead atoms. The van der Waals surface area contributed by atoms with Crippen LogP contribution < -0.4 is 11.1 Å². The van der Waals surface area contributed by atoms with E-state index in [1.54, 1.807) is 74.6 Å². The zero-order valence-corrected chi connectivity index (χ0v) is 37.1. The quantitative estimate of drug-likeness (QED) is 0.113. The van der Waals surface area contributed by atoms with Crippen LogP contribution in [0.3, 0.4) is 0 Å². The Kier molecular flexibility index (Phi) is 15.2. The van der Waals surface area contributed by atoms with Crippen LogP contribution in [0, 0.1) is 0 Å². The zero-order valence-electron chi connectivity index (χ0n) is 36.4. The van der Waals surface area contributed by atoms with Gasteiger partial charge in [0.25, 0.3) is 11.8 Å². The van der Waals surface area contributed by atoms with Gasteiger partial charge >= 0.3 is 11.9 Å². The molecule has 3 N–H and O–H groups in total. The van der Waals surface area contributed by atoms with Gasteiger partial charge in [0.15, 0.2) is 0 Å². The second kappa shape index (κ2) is 20.9. The van der Waals surface area contributed by atoms with Gasteiger partial charge in [0.2, 0.25) is 11.2 Å². The molecule has 2 saturated carbocycles. The maximum atomic E-state index is 12.9. The summed E-state index contributed by atoms with van der Waals surface area (Å²) in [5, 5.41) is 5.00. The number of nitrogen functional groups attached to an aromatic ring is 1. The standard InChI is InChI=1S/C22H26N6O3.C15H19ClN4O.C7H8N2O2/c1-27(2)20(29)17-11-15-13-24-22(25-18-10-9-14(12-23-18)21(30)31-3)26-19(15)28(17)16-7-5-4-6-8-16;1-19(2)14(21)12-8-10-9-17-15(16)18-13(10)20(12)11-6-4-3-5-7-11;1-11-7(10)5-2-3-6(8)9-4-5/h9-13,16H,4-8H2,1-3H3,(H,23,24,25,26);8-9,11H,3-7H2,1-2H3;2-4H,1H3,(H2,8,9). The fraction of sp³-hybridized carbons (Fsp3) is 0.409. The summed E-state index contributed by atoms with van der Waals surface area (Å²) in [6, 6.07) is 10.7. The van der Waals surface area contributed by atoms with Gasteiger partial charge in [-0.15, -0.1) is 0 Å². The molecular weight excluding hydrogens is 828 g/mol. The smallest absolute Gasteiger partial charge is 0.339 e. The highest BCUT2D eigenvalue weighted by Crippen LogP contribution is 2.35. The number of rotatable bonds is 8. The van der Waals surface area contributed by atoms with Gasteiger partial charge in [-0.1, -0.05) is 38.5 Å². The fourth-order valence-corrected chi connectivity index (χ4v) is 7.85. The van der Waals surface area contributed by atoms with E-state index < -0.39 is 11.9 Å². The summed E-state index contributed by atoms with van der Waals surface area (Å²) >= 11 is 5.95. The SMILES string of the molecule is CN(C)C(=O)c1cc2cnc(Cl)nc2n1C1CCCCC1.COC(=O)c1ccc(N)nc1.COC(=O)c1ccc(Nc2ncc3cc(C(=O)N(C)C)n(C4CCCCC4)c3n2)nc1. The number of halogens is 1. The molecule has 2 fully saturated rings. The lowest BCUT2D eigenvalue weighted by atomic mass is 9.95. The van der Waals surface area contributed by atoms with Crippen LogP contribution in [0.2, 0.25) is 5.28 Å². The lowest BCUT2D eigenvalue weighted by Crippen LogP contribution is -2.26. The van der Waals surface area contributed by atoms with Gasteiger partial charge in [-0.2, -0.15) is 9.97 Å². The molecule has 0 unspecified atom stereocenters. The summed E-state index contributed by atoms with van der Waals surface area (Å²) in [4.78, 5) is 76.4. The molecule has 2 amide bonds. The van der Waals surface area contributed by atoms with Crippen molar-refractivity contribution < 1.29 is 28.7 Å². The Hall–Kier alpha value is -6.69. The van der Waals surface area contributed by atoms with Crippen LogP contribution in [0.4, 0.5) is 17.6 Å². The minimum absolute atomic E-state index is 0.00491. The first-order chi connectivity index (χ1) is 30.3. The highest BCUT2D eigenvalue weighted by atomic mass is 35.5. The lowest BCUT2D eigenvalue weighted by molar-refractivity contribution is 0.0591. The summed E-state index contributed by atoms with van der Waals surface area (Å²) < 4.78 is 13.3. The molecule has 0 spiro atoms. The molecular formula is C44H53ClN12O6. The molecule has 63 heavy (non-hydrogen) atoms. The van der Waals surface area contributed by atoms with E-state index in [-0.39, 0.29) is 23.1 Å². The number of amides is 2. The van der Waals surface area contributed by atoms with E-state index in [2.05, 4.69) is 44.1 Å². The first-order valence-corrected chi connectivity index (χ1v) is 21.1. The molecule has 332 valence electrons. The number of aromatic nitrogens is 8. The number of esters is 2. The predicted octanol–water partition coefficient (Wildman–Crippen LogP) is 7.31. The van der Waals surface area contributed by atoms with E-state index in [0.717, 1.165) is 60.6 Å². The lowest BCUT2D eigenvalue weighted by Gasteiger charge is -2.26. The number of nitrogens with two attached hydrogens (primary N) is 1. The molecule has 6 aromatic heterocycles. The predicted molar refractivity (Wildman–Crippen MR) is 239 cm³/mol. The number of methoxy groups -OCH3 is 2. The highest BCUT2D eigenvalue weighted by molar-refractivity contribution is 6.28. The van der Waals surface area contributed by atoms with Crippen LogP contribution in [-0.4, -0.2) is 115 Å². The first-order valence-electron chi connectivity index (χ1n) is 20.8. The van der Waals surface area contributed by atoms with E-state index in [1.165, 1.54) is 52.3 Å². The Morgan fingerprint density at radius 2 is 1.13 bits per heavy atom. The van der Waals surface area contributed by atoms with Crippen molar-refractivity contribution in [1.82, 2.24) is 48.8 Å². The number of carbonyl (C=O) groups is 4. The molecule has 18 nitrogen and oxygen atoms in total. The Balaban J connectivity index is 0.000000177. The van der Waals surface area contributed by atoms with Crippen LogP contribution >= 0.6 is 11.6 Å².